The zero-order chi connectivity index (χ0) is 21.9. The molecule has 6 heteroatoms. The molecule has 0 spiro atoms. The van der Waals surface area contributed by atoms with Crippen LogP contribution in [0.25, 0.3) is 0 Å². The smallest absolute Gasteiger partial charge is 0.125 e. The minimum Gasteiger partial charge on any atom is -0.493 e. The largest absolute Gasteiger partial charge is 0.493 e. The van der Waals surface area contributed by atoms with E-state index in [1.807, 2.05) is 0 Å². The third-order valence-corrected chi connectivity index (χ3v) is 7.08. The van der Waals surface area contributed by atoms with Gasteiger partial charge in [-0.05, 0) is 26.0 Å². The van der Waals surface area contributed by atoms with Crippen molar-refractivity contribution in [3.63, 3.8) is 0 Å². The minimum atomic E-state index is 0.286. The lowest BCUT2D eigenvalue weighted by Crippen LogP contribution is -2.61. The molecule has 2 aromatic rings. The Balaban J connectivity index is 1.47. The van der Waals surface area contributed by atoms with Crippen molar-refractivity contribution in [3.8, 4) is 11.5 Å². The van der Waals surface area contributed by atoms with Crippen LogP contribution in [0.2, 0.25) is 0 Å². The van der Waals surface area contributed by atoms with Crippen LogP contribution in [0.5, 0.6) is 11.5 Å². The third kappa shape index (κ3) is 4.13. The van der Waals surface area contributed by atoms with Gasteiger partial charge < -0.3 is 9.47 Å². The van der Waals surface area contributed by atoms with Crippen molar-refractivity contribution in [2.45, 2.75) is 26.2 Å². The van der Waals surface area contributed by atoms with Crippen LogP contribution in [0.4, 0.5) is 0 Å². The highest BCUT2D eigenvalue weighted by atomic mass is 16.5. The zero-order valence-electron chi connectivity index (χ0n) is 19.4. The number of benzene rings is 2. The summed E-state index contributed by atoms with van der Waals surface area (Å²) >= 11 is 0. The van der Waals surface area contributed by atoms with Crippen LogP contribution >= 0.6 is 0 Å². The Labute approximate surface area is 192 Å². The van der Waals surface area contributed by atoms with Crippen LogP contribution in [0.3, 0.4) is 0 Å². The highest BCUT2D eigenvalue weighted by Crippen LogP contribution is 2.39. The van der Waals surface area contributed by atoms with E-state index in [1.165, 1.54) is 11.1 Å². The lowest BCUT2D eigenvalue weighted by atomic mass is 10.0. The summed E-state index contributed by atoms with van der Waals surface area (Å²) in [6, 6.07) is 17.3. The van der Waals surface area contributed by atoms with Gasteiger partial charge in [0.25, 0.3) is 0 Å². The molecule has 0 aliphatic carbocycles. The summed E-state index contributed by atoms with van der Waals surface area (Å²) in [6.07, 6.45) is 0.573. The van der Waals surface area contributed by atoms with Crippen LogP contribution in [0.1, 0.15) is 37.3 Å². The predicted octanol–water partition coefficient (Wildman–Crippen LogP) is 3.43. The second-order valence-corrected chi connectivity index (χ2v) is 8.83. The van der Waals surface area contributed by atoms with Crippen LogP contribution < -0.4 is 9.47 Å². The van der Waals surface area contributed by atoms with Crippen molar-refractivity contribution in [2.24, 2.45) is 0 Å². The normalized spacial score (nSPS) is 31.9. The van der Waals surface area contributed by atoms with Gasteiger partial charge in [-0.1, -0.05) is 36.4 Å². The average Bonchev–Trinajstić information content (AvgIpc) is 2.84. The molecule has 0 radical (unpaired) electrons. The van der Waals surface area contributed by atoms with Crippen LogP contribution in [0, 0.1) is 0 Å². The first-order valence-electron chi connectivity index (χ1n) is 12.2. The van der Waals surface area contributed by atoms with E-state index >= 15 is 0 Å². The lowest BCUT2D eigenvalue weighted by molar-refractivity contribution is -0.0918. The Bertz CT molecular complexity index is 793. The van der Waals surface area contributed by atoms with Gasteiger partial charge in [-0.25, -0.2) is 0 Å². The van der Waals surface area contributed by atoms with Crippen molar-refractivity contribution in [1.29, 1.82) is 0 Å². The fourth-order valence-electron chi connectivity index (χ4n) is 5.66. The maximum absolute atomic E-state index is 6.05. The third-order valence-electron chi connectivity index (χ3n) is 7.08. The Hall–Kier alpha value is -2.12. The average molecular weight is 437 g/mol. The van der Waals surface area contributed by atoms with E-state index in [-0.39, 0.29) is 12.3 Å². The SMILES string of the molecule is CCOc1ccccc1C1N2CCN(CC2)C(c2ccccc2OCC)N2CCN1CC2. The number of rotatable bonds is 6. The number of hydrogen-bond acceptors (Lipinski definition) is 6. The van der Waals surface area contributed by atoms with Gasteiger partial charge in [-0.2, -0.15) is 0 Å². The van der Waals surface area contributed by atoms with Crippen molar-refractivity contribution in [1.82, 2.24) is 19.6 Å². The molecule has 4 bridgehead atoms. The summed E-state index contributed by atoms with van der Waals surface area (Å²) in [6.45, 7) is 14.0. The molecule has 32 heavy (non-hydrogen) atoms. The topological polar surface area (TPSA) is 31.4 Å². The van der Waals surface area contributed by atoms with Gasteiger partial charge in [0, 0.05) is 63.5 Å². The molecule has 0 saturated carbocycles. The van der Waals surface area contributed by atoms with Crippen LogP contribution in [0.15, 0.2) is 48.5 Å². The molecule has 0 N–H and O–H groups in total. The summed E-state index contributed by atoms with van der Waals surface area (Å²) < 4.78 is 12.1. The number of ether oxygens (including phenoxy) is 2. The Morgan fingerprint density at radius 3 is 1.19 bits per heavy atom. The Morgan fingerprint density at radius 1 is 0.562 bits per heavy atom. The van der Waals surface area contributed by atoms with Crippen LogP contribution in [-0.2, 0) is 0 Å². The van der Waals surface area contributed by atoms with Gasteiger partial charge in [-0.3, -0.25) is 19.6 Å². The van der Waals surface area contributed by atoms with Gasteiger partial charge in [0.05, 0.1) is 25.5 Å². The summed E-state index contributed by atoms with van der Waals surface area (Å²) in [7, 11) is 0. The predicted molar refractivity (Wildman–Crippen MR) is 127 cm³/mol. The first-order valence-corrected chi connectivity index (χ1v) is 12.2. The van der Waals surface area contributed by atoms with E-state index in [1.54, 1.807) is 0 Å². The monoisotopic (exact) mass is 436 g/mol. The second kappa shape index (κ2) is 9.79. The molecule has 6 aliphatic rings. The first-order chi connectivity index (χ1) is 15.8. The molecule has 2 aromatic carbocycles. The summed E-state index contributed by atoms with van der Waals surface area (Å²) in [5.74, 6) is 2.07. The zero-order valence-corrected chi connectivity index (χ0v) is 19.4. The van der Waals surface area contributed by atoms with E-state index in [0.29, 0.717) is 13.2 Å². The highest BCUT2D eigenvalue weighted by Gasteiger charge is 2.40. The lowest BCUT2D eigenvalue weighted by Gasteiger charge is -2.53. The molecule has 0 amide bonds. The number of nitrogens with zero attached hydrogens (tertiary/aromatic N) is 4. The maximum atomic E-state index is 6.05. The van der Waals surface area contributed by atoms with Crippen molar-refractivity contribution < 1.29 is 9.47 Å². The van der Waals surface area contributed by atoms with E-state index in [9.17, 15) is 0 Å². The van der Waals surface area contributed by atoms with Crippen molar-refractivity contribution in [3.05, 3.63) is 59.7 Å². The molecule has 6 aliphatic heterocycles. The molecule has 8 rings (SSSR count). The van der Waals surface area contributed by atoms with E-state index in [0.717, 1.165) is 63.9 Å². The molecule has 0 unspecified atom stereocenters. The first kappa shape index (κ1) is 21.7. The summed E-state index contributed by atoms with van der Waals surface area (Å²) in [4.78, 5) is 10.7. The molecular weight excluding hydrogens is 400 g/mol. The fourth-order valence-corrected chi connectivity index (χ4v) is 5.66. The molecule has 0 atom stereocenters. The molecule has 0 aromatic heterocycles. The second-order valence-electron chi connectivity index (χ2n) is 8.83. The summed E-state index contributed by atoms with van der Waals surface area (Å²) in [5.41, 5.74) is 2.63. The molecular formula is C26H36N4O2. The van der Waals surface area contributed by atoms with Gasteiger partial charge in [0.15, 0.2) is 0 Å². The quantitative estimate of drug-likeness (QED) is 0.690. The van der Waals surface area contributed by atoms with E-state index in [2.05, 4.69) is 82.0 Å². The van der Waals surface area contributed by atoms with Crippen LogP contribution in [-0.4, -0.2) is 85.2 Å². The highest BCUT2D eigenvalue weighted by molar-refractivity contribution is 5.37. The number of hydrogen-bond donors (Lipinski definition) is 0. The molecule has 6 fully saturated rings. The molecule has 6 saturated heterocycles. The molecule has 6 nitrogen and oxygen atoms in total. The standard InChI is InChI=1S/C26H36N4O2/c1-3-31-23-11-7-5-9-21(23)25-27-13-17-29(18-14-27)26(30-19-15-28(25)16-20-30)22-10-6-8-12-24(22)32-4-2/h5-12,25-26H,3-4,13-20H2,1-2H3. The minimum absolute atomic E-state index is 0.286. The molecule has 172 valence electrons. The van der Waals surface area contributed by atoms with Gasteiger partial charge in [-0.15, -0.1) is 0 Å². The van der Waals surface area contributed by atoms with Gasteiger partial charge >= 0.3 is 0 Å². The molecule has 6 heterocycles. The fraction of sp³-hybridized carbons (Fsp3) is 0.538. The van der Waals surface area contributed by atoms with Gasteiger partial charge in [0.2, 0.25) is 0 Å². The Kier molecular flexibility index (Phi) is 6.64. The maximum Gasteiger partial charge on any atom is 0.125 e. The van der Waals surface area contributed by atoms with Crippen molar-refractivity contribution >= 4 is 0 Å². The number of piperazine rings is 2. The van der Waals surface area contributed by atoms with Gasteiger partial charge in [0.1, 0.15) is 11.5 Å². The van der Waals surface area contributed by atoms with E-state index < -0.39 is 0 Å². The Morgan fingerprint density at radius 2 is 0.875 bits per heavy atom. The van der Waals surface area contributed by atoms with Crippen molar-refractivity contribution in [2.75, 3.05) is 65.6 Å². The number of para-hydroxylation sites is 2. The summed E-state index contributed by atoms with van der Waals surface area (Å²) in [5, 5.41) is 0. The van der Waals surface area contributed by atoms with E-state index in [4.69, 9.17) is 9.47 Å².